The molecule has 0 aliphatic heterocycles. The highest BCUT2D eigenvalue weighted by molar-refractivity contribution is 5.98. The molecule has 0 fully saturated rings. The van der Waals surface area contributed by atoms with Crippen LogP contribution in [-0.2, 0) is 4.79 Å². The Labute approximate surface area is 135 Å². The summed E-state index contributed by atoms with van der Waals surface area (Å²) in [6.45, 7) is 4.09. The normalized spacial score (nSPS) is 9.95. The van der Waals surface area contributed by atoms with E-state index in [1.165, 1.54) is 0 Å². The number of ketones is 1. The molecular formula is C15H21ClF2N2O2. The lowest BCUT2D eigenvalue weighted by Crippen LogP contribution is -2.32. The van der Waals surface area contributed by atoms with Gasteiger partial charge < -0.3 is 10.6 Å². The van der Waals surface area contributed by atoms with Gasteiger partial charge in [0.1, 0.15) is 11.6 Å². The molecule has 1 amide bonds. The van der Waals surface area contributed by atoms with Crippen LogP contribution in [0.15, 0.2) is 18.2 Å². The zero-order chi connectivity index (χ0) is 15.7. The molecule has 0 saturated carbocycles. The van der Waals surface area contributed by atoms with Crippen molar-refractivity contribution in [1.82, 2.24) is 10.6 Å². The first-order valence-corrected chi connectivity index (χ1v) is 7.00. The maximum absolute atomic E-state index is 13.4. The Bertz CT molecular complexity index is 498. The summed E-state index contributed by atoms with van der Waals surface area (Å²) in [5, 5.41) is 5.79. The summed E-state index contributed by atoms with van der Waals surface area (Å²) in [7, 11) is 0. The minimum absolute atomic E-state index is 0. The molecule has 0 aromatic heterocycles. The van der Waals surface area contributed by atoms with Crippen molar-refractivity contribution in [2.75, 3.05) is 19.6 Å². The molecule has 2 N–H and O–H groups in total. The Morgan fingerprint density at radius 1 is 1.09 bits per heavy atom. The van der Waals surface area contributed by atoms with Crippen LogP contribution in [0.1, 0.15) is 36.5 Å². The first-order chi connectivity index (χ1) is 10.0. The Hall–Kier alpha value is -1.53. The van der Waals surface area contributed by atoms with Crippen LogP contribution >= 0.6 is 12.4 Å². The molecule has 0 aliphatic rings. The molecule has 124 valence electrons. The summed E-state index contributed by atoms with van der Waals surface area (Å²) in [5.74, 6) is -2.40. The molecule has 0 heterocycles. The molecule has 0 radical (unpaired) electrons. The lowest BCUT2D eigenvalue weighted by Gasteiger charge is -2.06. The van der Waals surface area contributed by atoms with Gasteiger partial charge in [0.2, 0.25) is 5.91 Å². The second-order valence-electron chi connectivity index (χ2n) is 4.65. The van der Waals surface area contributed by atoms with Crippen molar-refractivity contribution >= 4 is 24.1 Å². The Balaban J connectivity index is 0.00000441. The minimum atomic E-state index is -0.899. The number of carbonyl (C=O) groups excluding carboxylic acids is 2. The smallest absolute Gasteiger partial charge is 0.220 e. The van der Waals surface area contributed by atoms with Gasteiger partial charge in [-0.05, 0) is 25.1 Å². The molecule has 0 aliphatic carbocycles. The van der Waals surface area contributed by atoms with Crippen LogP contribution < -0.4 is 10.6 Å². The number of nitrogens with one attached hydrogen (secondary N) is 2. The third kappa shape index (κ3) is 7.47. The fourth-order valence-corrected chi connectivity index (χ4v) is 1.76. The van der Waals surface area contributed by atoms with Gasteiger partial charge in [-0.1, -0.05) is 6.92 Å². The summed E-state index contributed by atoms with van der Waals surface area (Å²) in [6, 6.07) is 2.78. The van der Waals surface area contributed by atoms with Crippen molar-refractivity contribution in [2.24, 2.45) is 0 Å². The lowest BCUT2D eigenvalue weighted by molar-refractivity contribution is -0.121. The largest absolute Gasteiger partial charge is 0.355 e. The van der Waals surface area contributed by atoms with Gasteiger partial charge in [0.15, 0.2) is 5.78 Å². The van der Waals surface area contributed by atoms with E-state index in [2.05, 4.69) is 10.6 Å². The number of benzene rings is 1. The molecule has 7 heteroatoms. The fourth-order valence-electron chi connectivity index (χ4n) is 1.76. The Morgan fingerprint density at radius 2 is 1.82 bits per heavy atom. The van der Waals surface area contributed by atoms with Gasteiger partial charge in [-0.2, -0.15) is 0 Å². The second kappa shape index (κ2) is 11.1. The van der Waals surface area contributed by atoms with E-state index in [9.17, 15) is 18.4 Å². The Kier molecular flexibility index (Phi) is 10.3. The number of amides is 1. The number of carbonyl (C=O) groups is 2. The lowest BCUT2D eigenvalue weighted by atomic mass is 10.1. The first kappa shape index (κ1) is 20.5. The summed E-state index contributed by atoms with van der Waals surface area (Å²) >= 11 is 0. The SMILES string of the molecule is CCCNCCNC(=O)CCC(=O)c1ccc(F)cc1F.Cl. The standard InChI is InChI=1S/C15H20F2N2O2.ClH/c1-2-7-18-8-9-19-15(21)6-5-14(20)12-4-3-11(16)10-13(12)17;/h3-4,10,18H,2,5-9H2,1H3,(H,19,21);1H. The monoisotopic (exact) mass is 334 g/mol. The number of Topliss-reactive ketones (excluding diaryl/α,β-unsaturated/α-hetero) is 1. The van der Waals surface area contributed by atoms with Gasteiger partial charge in [-0.3, -0.25) is 9.59 Å². The highest BCUT2D eigenvalue weighted by atomic mass is 35.5. The molecule has 1 rings (SSSR count). The number of hydrogen-bond donors (Lipinski definition) is 2. The highest BCUT2D eigenvalue weighted by Gasteiger charge is 2.13. The zero-order valence-corrected chi connectivity index (χ0v) is 13.3. The van der Waals surface area contributed by atoms with E-state index in [1.54, 1.807) is 0 Å². The van der Waals surface area contributed by atoms with Crippen molar-refractivity contribution in [3.05, 3.63) is 35.4 Å². The molecule has 0 unspecified atom stereocenters. The van der Waals surface area contributed by atoms with Crippen molar-refractivity contribution in [2.45, 2.75) is 26.2 Å². The second-order valence-corrected chi connectivity index (χ2v) is 4.65. The van der Waals surface area contributed by atoms with Gasteiger partial charge >= 0.3 is 0 Å². The average molecular weight is 335 g/mol. The van der Waals surface area contributed by atoms with Crippen LogP contribution in [0.4, 0.5) is 8.78 Å². The van der Waals surface area contributed by atoms with Crippen molar-refractivity contribution in [1.29, 1.82) is 0 Å². The van der Waals surface area contributed by atoms with Crippen LogP contribution in [0.3, 0.4) is 0 Å². The predicted octanol–water partition coefficient (Wildman–Crippen LogP) is 2.47. The molecule has 0 atom stereocenters. The van der Waals surface area contributed by atoms with Crippen LogP contribution in [0.2, 0.25) is 0 Å². The molecule has 0 bridgehead atoms. The summed E-state index contributed by atoms with van der Waals surface area (Å²) in [6.07, 6.45) is 0.909. The van der Waals surface area contributed by atoms with E-state index in [4.69, 9.17) is 0 Å². The molecule has 1 aromatic rings. The Morgan fingerprint density at radius 3 is 2.45 bits per heavy atom. The van der Waals surface area contributed by atoms with E-state index in [0.717, 1.165) is 25.1 Å². The van der Waals surface area contributed by atoms with Crippen molar-refractivity contribution in [3.63, 3.8) is 0 Å². The number of rotatable bonds is 9. The van der Waals surface area contributed by atoms with Crippen molar-refractivity contribution in [3.8, 4) is 0 Å². The van der Waals surface area contributed by atoms with Gasteiger partial charge in [0.05, 0.1) is 5.56 Å². The van der Waals surface area contributed by atoms with E-state index in [-0.39, 0.29) is 36.7 Å². The van der Waals surface area contributed by atoms with Crippen LogP contribution in [0.25, 0.3) is 0 Å². The van der Waals surface area contributed by atoms with E-state index in [1.807, 2.05) is 6.92 Å². The van der Waals surface area contributed by atoms with Gasteiger partial charge in [-0.25, -0.2) is 8.78 Å². The maximum atomic E-state index is 13.4. The van der Waals surface area contributed by atoms with Crippen molar-refractivity contribution < 1.29 is 18.4 Å². The number of halogens is 3. The van der Waals surface area contributed by atoms with Crippen LogP contribution in [-0.4, -0.2) is 31.3 Å². The van der Waals surface area contributed by atoms with Gasteiger partial charge in [0.25, 0.3) is 0 Å². The first-order valence-electron chi connectivity index (χ1n) is 7.00. The highest BCUT2D eigenvalue weighted by Crippen LogP contribution is 2.12. The quantitative estimate of drug-likeness (QED) is 0.539. The summed E-state index contributed by atoms with van der Waals surface area (Å²) in [5.41, 5.74) is -0.186. The summed E-state index contributed by atoms with van der Waals surface area (Å²) in [4.78, 5) is 23.2. The molecule has 22 heavy (non-hydrogen) atoms. The molecular weight excluding hydrogens is 314 g/mol. The summed E-state index contributed by atoms with van der Waals surface area (Å²) < 4.78 is 26.1. The topological polar surface area (TPSA) is 58.2 Å². The number of hydrogen-bond acceptors (Lipinski definition) is 3. The van der Waals surface area contributed by atoms with E-state index in [0.29, 0.717) is 19.2 Å². The molecule has 0 spiro atoms. The fraction of sp³-hybridized carbons (Fsp3) is 0.467. The van der Waals surface area contributed by atoms with E-state index < -0.39 is 17.4 Å². The third-order valence-corrected chi connectivity index (χ3v) is 2.86. The molecule has 0 saturated heterocycles. The molecule has 4 nitrogen and oxygen atoms in total. The predicted molar refractivity (Wildman–Crippen MR) is 83.3 cm³/mol. The zero-order valence-electron chi connectivity index (χ0n) is 12.5. The average Bonchev–Trinajstić information content (AvgIpc) is 2.44. The van der Waals surface area contributed by atoms with Gasteiger partial charge in [0, 0.05) is 32.0 Å². The van der Waals surface area contributed by atoms with Gasteiger partial charge in [-0.15, -0.1) is 12.4 Å². The maximum Gasteiger partial charge on any atom is 0.220 e. The van der Waals surface area contributed by atoms with Crippen LogP contribution in [0.5, 0.6) is 0 Å². The minimum Gasteiger partial charge on any atom is -0.355 e. The molecule has 1 aromatic carbocycles. The van der Waals surface area contributed by atoms with E-state index >= 15 is 0 Å². The van der Waals surface area contributed by atoms with Crippen LogP contribution in [0, 0.1) is 11.6 Å². The third-order valence-electron chi connectivity index (χ3n) is 2.86.